The van der Waals surface area contributed by atoms with Gasteiger partial charge in [0.05, 0.1) is 29.7 Å². The van der Waals surface area contributed by atoms with Gasteiger partial charge in [0.1, 0.15) is 6.54 Å². The number of fused-ring (bicyclic) bond motifs is 1. The minimum Gasteiger partial charge on any atom is -0.337 e. The van der Waals surface area contributed by atoms with Crippen LogP contribution in [0.5, 0.6) is 0 Å². The first-order valence-electron chi connectivity index (χ1n) is 8.84. The molecule has 9 heteroatoms. The van der Waals surface area contributed by atoms with Gasteiger partial charge in [0.25, 0.3) is 0 Å². The zero-order valence-electron chi connectivity index (χ0n) is 14.7. The quantitative estimate of drug-likeness (QED) is 0.761. The van der Waals surface area contributed by atoms with Crippen LogP contribution < -0.4 is 0 Å². The number of likely N-dealkylation sites (N-methyl/N-ethyl adjacent to an activating group) is 1. The van der Waals surface area contributed by atoms with Crippen LogP contribution in [-0.4, -0.2) is 78.9 Å². The molecule has 2 aromatic rings. The van der Waals surface area contributed by atoms with Crippen molar-refractivity contribution in [1.82, 2.24) is 39.8 Å². The summed E-state index contributed by atoms with van der Waals surface area (Å²) < 4.78 is 3.65. The number of carbonyl (C=O) groups is 1. The average molecular weight is 344 g/mol. The molecule has 134 valence electrons. The molecular formula is C16H24N8O. The Bertz CT molecular complexity index is 737. The van der Waals surface area contributed by atoms with Gasteiger partial charge in [-0.15, -0.1) is 10.2 Å². The minimum absolute atomic E-state index is 0.0905. The molecule has 1 amide bonds. The van der Waals surface area contributed by atoms with Crippen molar-refractivity contribution in [2.24, 2.45) is 0 Å². The summed E-state index contributed by atoms with van der Waals surface area (Å²) >= 11 is 0. The summed E-state index contributed by atoms with van der Waals surface area (Å²) in [4.78, 5) is 16.9. The van der Waals surface area contributed by atoms with Gasteiger partial charge in [0, 0.05) is 19.3 Å². The third-order valence-corrected chi connectivity index (χ3v) is 5.34. The fourth-order valence-electron chi connectivity index (χ4n) is 3.91. The Morgan fingerprint density at radius 1 is 1.24 bits per heavy atom. The molecule has 9 nitrogen and oxygen atoms in total. The summed E-state index contributed by atoms with van der Waals surface area (Å²) in [5.74, 6) is 0.0905. The zero-order chi connectivity index (χ0) is 17.4. The maximum absolute atomic E-state index is 12.9. The van der Waals surface area contributed by atoms with Crippen molar-refractivity contribution in [2.75, 3.05) is 27.2 Å². The summed E-state index contributed by atoms with van der Waals surface area (Å²) in [6.45, 7) is 1.60. The molecular weight excluding hydrogens is 320 g/mol. The first-order valence-corrected chi connectivity index (χ1v) is 8.84. The third-order valence-electron chi connectivity index (χ3n) is 5.34. The Kier molecular flexibility index (Phi) is 4.24. The molecule has 4 rings (SSSR count). The van der Waals surface area contributed by atoms with E-state index in [0.29, 0.717) is 13.1 Å². The largest absolute Gasteiger partial charge is 0.337 e. The van der Waals surface area contributed by atoms with Gasteiger partial charge in [-0.2, -0.15) is 0 Å². The highest BCUT2D eigenvalue weighted by molar-refractivity contribution is 5.76. The first kappa shape index (κ1) is 16.2. The van der Waals surface area contributed by atoms with Gasteiger partial charge >= 0.3 is 0 Å². The third kappa shape index (κ3) is 3.04. The Morgan fingerprint density at radius 3 is 2.84 bits per heavy atom. The van der Waals surface area contributed by atoms with Crippen LogP contribution in [0.3, 0.4) is 0 Å². The van der Waals surface area contributed by atoms with Crippen molar-refractivity contribution in [3.8, 4) is 0 Å². The van der Waals surface area contributed by atoms with E-state index in [2.05, 4.69) is 25.5 Å². The molecule has 2 aromatic heterocycles. The van der Waals surface area contributed by atoms with Gasteiger partial charge in [-0.05, 0) is 39.8 Å². The summed E-state index contributed by atoms with van der Waals surface area (Å²) in [7, 11) is 4.08. The smallest absolute Gasteiger partial charge is 0.244 e. The fourth-order valence-corrected chi connectivity index (χ4v) is 3.91. The van der Waals surface area contributed by atoms with E-state index in [0.717, 1.165) is 37.1 Å². The first-order chi connectivity index (χ1) is 12.1. The van der Waals surface area contributed by atoms with E-state index in [1.165, 1.54) is 0 Å². The number of nitrogens with zero attached hydrogens (tertiary/aromatic N) is 8. The molecule has 0 aromatic carbocycles. The zero-order valence-corrected chi connectivity index (χ0v) is 14.7. The molecule has 1 fully saturated rings. The van der Waals surface area contributed by atoms with Crippen LogP contribution in [0.15, 0.2) is 12.4 Å². The van der Waals surface area contributed by atoms with Crippen molar-refractivity contribution in [3.63, 3.8) is 0 Å². The Morgan fingerprint density at radius 2 is 2.08 bits per heavy atom. The van der Waals surface area contributed by atoms with Crippen LogP contribution in [0.2, 0.25) is 0 Å². The van der Waals surface area contributed by atoms with Gasteiger partial charge in [0.2, 0.25) is 5.91 Å². The molecule has 0 saturated carbocycles. The Hall–Kier alpha value is -2.29. The van der Waals surface area contributed by atoms with E-state index in [1.54, 1.807) is 10.9 Å². The van der Waals surface area contributed by atoms with Crippen molar-refractivity contribution >= 4 is 5.91 Å². The van der Waals surface area contributed by atoms with Crippen molar-refractivity contribution < 1.29 is 4.79 Å². The predicted molar refractivity (Wildman–Crippen MR) is 89.8 cm³/mol. The number of aromatic nitrogens is 6. The molecule has 0 N–H and O–H groups in total. The second-order valence-electron chi connectivity index (χ2n) is 7.13. The normalized spacial score (nSPS) is 23.2. The second kappa shape index (κ2) is 6.55. The van der Waals surface area contributed by atoms with Gasteiger partial charge in [-0.25, -0.2) is 9.36 Å². The van der Waals surface area contributed by atoms with Crippen molar-refractivity contribution in [1.29, 1.82) is 0 Å². The van der Waals surface area contributed by atoms with Crippen LogP contribution in [-0.2, 0) is 24.2 Å². The molecule has 2 aliphatic rings. The molecule has 2 atom stereocenters. The van der Waals surface area contributed by atoms with Gasteiger partial charge in [-0.1, -0.05) is 10.4 Å². The van der Waals surface area contributed by atoms with Gasteiger partial charge < -0.3 is 9.80 Å². The maximum atomic E-state index is 12.9. The highest BCUT2D eigenvalue weighted by Gasteiger charge is 2.38. The summed E-state index contributed by atoms with van der Waals surface area (Å²) in [5.41, 5.74) is 2.20. The van der Waals surface area contributed by atoms with E-state index in [1.807, 2.05) is 29.9 Å². The average Bonchev–Trinajstić information content (AvgIpc) is 3.34. The molecule has 1 saturated heterocycles. The number of carbonyl (C=O) groups excluding carboxylic acids is 1. The number of hydrogen-bond donors (Lipinski definition) is 0. The molecule has 0 spiro atoms. The predicted octanol–water partition coefficient (Wildman–Crippen LogP) is -0.238. The topological polar surface area (TPSA) is 85.0 Å². The fraction of sp³-hybridized carbons (Fsp3) is 0.688. The molecule has 0 bridgehead atoms. The lowest BCUT2D eigenvalue weighted by Gasteiger charge is -2.24. The maximum Gasteiger partial charge on any atom is 0.244 e. The Labute approximate surface area is 146 Å². The standard InChI is InChI=1S/C16H24N8O/c1-21(2)14-9-22(10-15(14)23-8-7-17-19-23)16(25)11-24-13-6-4-3-5-12(13)18-20-24/h7-8,14-15H,3-6,9-11H2,1-2H3/t14-,15+/m1/s1. The van der Waals surface area contributed by atoms with Gasteiger partial charge in [0.15, 0.2) is 0 Å². The van der Waals surface area contributed by atoms with E-state index in [9.17, 15) is 4.79 Å². The molecule has 3 heterocycles. The SMILES string of the molecule is CN(C)[C@@H]1CN(C(=O)Cn2nnc3c2CCCC3)C[C@@H]1n1ccnn1. The number of aryl methyl sites for hydroxylation is 1. The van der Waals surface area contributed by atoms with Crippen LogP contribution in [0.1, 0.15) is 30.3 Å². The van der Waals surface area contributed by atoms with Crippen LogP contribution in [0, 0.1) is 0 Å². The van der Waals surface area contributed by atoms with E-state index < -0.39 is 0 Å². The van der Waals surface area contributed by atoms with Crippen LogP contribution in [0.4, 0.5) is 0 Å². The summed E-state index contributed by atoms with van der Waals surface area (Å²) in [5, 5.41) is 16.5. The summed E-state index contributed by atoms with van der Waals surface area (Å²) in [6, 6.07) is 0.335. The Balaban J connectivity index is 1.48. The molecule has 1 aliphatic carbocycles. The number of hydrogen-bond acceptors (Lipinski definition) is 6. The minimum atomic E-state index is 0.0905. The van der Waals surface area contributed by atoms with Crippen LogP contribution >= 0.6 is 0 Å². The second-order valence-corrected chi connectivity index (χ2v) is 7.13. The molecule has 1 aliphatic heterocycles. The lowest BCUT2D eigenvalue weighted by molar-refractivity contribution is -0.131. The molecule has 0 radical (unpaired) electrons. The van der Waals surface area contributed by atoms with E-state index in [4.69, 9.17) is 0 Å². The van der Waals surface area contributed by atoms with Crippen molar-refractivity contribution in [3.05, 3.63) is 23.8 Å². The van der Waals surface area contributed by atoms with E-state index in [-0.39, 0.29) is 24.5 Å². The van der Waals surface area contributed by atoms with E-state index >= 15 is 0 Å². The lowest BCUT2D eigenvalue weighted by Crippen LogP contribution is -2.38. The monoisotopic (exact) mass is 344 g/mol. The number of amides is 1. The number of rotatable bonds is 4. The van der Waals surface area contributed by atoms with Crippen molar-refractivity contribution in [2.45, 2.75) is 44.3 Å². The molecule has 0 unspecified atom stereocenters. The van der Waals surface area contributed by atoms with Gasteiger partial charge in [-0.3, -0.25) is 4.79 Å². The number of likely N-dealkylation sites (tertiary alicyclic amines) is 1. The lowest BCUT2D eigenvalue weighted by atomic mass is 10.0. The highest BCUT2D eigenvalue weighted by Crippen LogP contribution is 2.25. The highest BCUT2D eigenvalue weighted by atomic mass is 16.2. The summed E-state index contributed by atoms with van der Waals surface area (Å²) in [6.07, 6.45) is 7.80. The molecule has 25 heavy (non-hydrogen) atoms. The van der Waals surface area contributed by atoms with Crippen LogP contribution in [0.25, 0.3) is 0 Å².